The minimum absolute atomic E-state index is 0.0698. The van der Waals surface area contributed by atoms with E-state index in [1.807, 2.05) is 0 Å². The number of nitro benzene ring substituents is 1. The summed E-state index contributed by atoms with van der Waals surface area (Å²) < 4.78 is 18.4. The number of nitrogens with zero attached hydrogens (tertiary/aromatic N) is 1. The topological polar surface area (TPSA) is 85.4 Å². The SMILES string of the molecule is Cc1ccc(CNC(=O)c2cc(F)ccc2[N+](=O)[O-])o1. The van der Waals surface area contributed by atoms with Gasteiger partial charge >= 0.3 is 0 Å². The third-order valence-corrected chi connectivity index (χ3v) is 2.62. The average molecular weight is 278 g/mol. The maximum absolute atomic E-state index is 13.1. The Kier molecular flexibility index (Phi) is 3.79. The van der Waals surface area contributed by atoms with Crippen molar-refractivity contribution >= 4 is 11.6 Å². The van der Waals surface area contributed by atoms with Gasteiger partial charge in [0, 0.05) is 6.07 Å². The fourth-order valence-corrected chi connectivity index (χ4v) is 1.69. The number of carbonyl (C=O) groups excluding carboxylic acids is 1. The third kappa shape index (κ3) is 3.00. The fraction of sp³-hybridized carbons (Fsp3) is 0.154. The van der Waals surface area contributed by atoms with E-state index in [1.165, 1.54) is 0 Å². The van der Waals surface area contributed by atoms with Crippen molar-refractivity contribution in [2.45, 2.75) is 13.5 Å². The highest BCUT2D eigenvalue weighted by molar-refractivity contribution is 5.98. The molecule has 0 fully saturated rings. The molecular weight excluding hydrogens is 267 g/mol. The van der Waals surface area contributed by atoms with E-state index in [1.54, 1.807) is 19.1 Å². The van der Waals surface area contributed by atoms with Crippen LogP contribution in [0.25, 0.3) is 0 Å². The zero-order valence-electron chi connectivity index (χ0n) is 10.6. The second-order valence-electron chi connectivity index (χ2n) is 4.11. The summed E-state index contributed by atoms with van der Waals surface area (Å²) in [4.78, 5) is 21.9. The highest BCUT2D eigenvalue weighted by Crippen LogP contribution is 2.19. The van der Waals surface area contributed by atoms with Gasteiger partial charge in [-0.25, -0.2) is 4.39 Å². The van der Waals surface area contributed by atoms with Crippen molar-refractivity contribution in [3.8, 4) is 0 Å². The van der Waals surface area contributed by atoms with Gasteiger partial charge in [0.15, 0.2) is 0 Å². The normalized spacial score (nSPS) is 10.3. The Bertz CT molecular complexity index is 666. The molecule has 6 nitrogen and oxygen atoms in total. The van der Waals surface area contributed by atoms with Gasteiger partial charge in [0.2, 0.25) is 0 Å². The van der Waals surface area contributed by atoms with E-state index < -0.39 is 22.3 Å². The number of carbonyl (C=O) groups is 1. The number of halogens is 1. The summed E-state index contributed by atoms with van der Waals surface area (Å²) in [6, 6.07) is 6.13. The summed E-state index contributed by atoms with van der Waals surface area (Å²) in [5, 5.41) is 13.2. The summed E-state index contributed by atoms with van der Waals surface area (Å²) in [5.74, 6) is -0.249. The Labute approximate surface area is 113 Å². The maximum atomic E-state index is 13.1. The van der Waals surface area contributed by atoms with Gasteiger partial charge < -0.3 is 9.73 Å². The van der Waals surface area contributed by atoms with Gasteiger partial charge in [0.05, 0.1) is 11.5 Å². The van der Waals surface area contributed by atoms with Gasteiger partial charge in [0.25, 0.3) is 11.6 Å². The molecule has 2 aromatic rings. The summed E-state index contributed by atoms with van der Waals surface area (Å²) in [7, 11) is 0. The van der Waals surface area contributed by atoms with Crippen LogP contribution in [0.15, 0.2) is 34.7 Å². The second kappa shape index (κ2) is 5.52. The van der Waals surface area contributed by atoms with Crippen LogP contribution in [-0.4, -0.2) is 10.8 Å². The molecule has 0 saturated carbocycles. The van der Waals surface area contributed by atoms with Crippen LogP contribution in [-0.2, 0) is 6.54 Å². The number of hydrogen-bond acceptors (Lipinski definition) is 4. The maximum Gasteiger partial charge on any atom is 0.282 e. The van der Waals surface area contributed by atoms with Crippen LogP contribution >= 0.6 is 0 Å². The lowest BCUT2D eigenvalue weighted by molar-refractivity contribution is -0.385. The smallest absolute Gasteiger partial charge is 0.282 e. The van der Waals surface area contributed by atoms with Crippen molar-refractivity contribution in [1.29, 1.82) is 0 Å². The molecule has 0 bridgehead atoms. The summed E-state index contributed by atoms with van der Waals surface area (Å²) in [6.07, 6.45) is 0. The molecule has 0 unspecified atom stereocenters. The highest BCUT2D eigenvalue weighted by atomic mass is 19.1. The third-order valence-electron chi connectivity index (χ3n) is 2.62. The molecule has 1 amide bonds. The monoisotopic (exact) mass is 278 g/mol. The van der Waals surface area contributed by atoms with Crippen molar-refractivity contribution in [2.24, 2.45) is 0 Å². The van der Waals surface area contributed by atoms with E-state index in [9.17, 15) is 19.3 Å². The number of nitrogens with one attached hydrogen (secondary N) is 1. The second-order valence-corrected chi connectivity index (χ2v) is 4.11. The summed E-state index contributed by atoms with van der Waals surface area (Å²) in [6.45, 7) is 1.82. The number of furan rings is 1. The highest BCUT2D eigenvalue weighted by Gasteiger charge is 2.20. The predicted octanol–water partition coefficient (Wildman–Crippen LogP) is 2.57. The molecular formula is C13H11FN2O4. The minimum atomic E-state index is -0.731. The molecule has 104 valence electrons. The lowest BCUT2D eigenvalue weighted by Crippen LogP contribution is -2.23. The first-order valence-electron chi connectivity index (χ1n) is 5.75. The lowest BCUT2D eigenvalue weighted by atomic mass is 10.1. The van der Waals surface area contributed by atoms with Crippen molar-refractivity contribution in [3.63, 3.8) is 0 Å². The summed E-state index contributed by atoms with van der Waals surface area (Å²) >= 11 is 0. The number of hydrogen-bond donors (Lipinski definition) is 1. The standard InChI is InChI=1S/C13H11FN2O4/c1-8-2-4-10(20-8)7-15-13(17)11-6-9(14)3-5-12(11)16(18)19/h2-6H,7H2,1H3,(H,15,17). The first-order valence-corrected chi connectivity index (χ1v) is 5.75. The number of benzene rings is 1. The quantitative estimate of drug-likeness (QED) is 0.688. The van der Waals surface area contributed by atoms with Gasteiger partial charge in [-0.2, -0.15) is 0 Å². The zero-order chi connectivity index (χ0) is 14.7. The van der Waals surface area contributed by atoms with Gasteiger partial charge in [-0.15, -0.1) is 0 Å². The minimum Gasteiger partial charge on any atom is -0.465 e. The molecule has 2 rings (SSSR count). The van der Waals surface area contributed by atoms with E-state index in [0.717, 1.165) is 18.2 Å². The van der Waals surface area contributed by atoms with Crippen LogP contribution in [0.1, 0.15) is 21.9 Å². The van der Waals surface area contributed by atoms with Crippen molar-refractivity contribution in [1.82, 2.24) is 5.32 Å². The molecule has 1 N–H and O–H groups in total. The summed E-state index contributed by atoms with van der Waals surface area (Å²) in [5.41, 5.74) is -0.766. The number of amides is 1. The van der Waals surface area contributed by atoms with E-state index in [2.05, 4.69) is 5.32 Å². The van der Waals surface area contributed by atoms with Crippen LogP contribution in [0.5, 0.6) is 0 Å². The van der Waals surface area contributed by atoms with Gasteiger partial charge in [-0.3, -0.25) is 14.9 Å². The Morgan fingerprint density at radius 2 is 2.15 bits per heavy atom. The molecule has 0 atom stereocenters. The van der Waals surface area contributed by atoms with Crippen LogP contribution in [0.3, 0.4) is 0 Å². The van der Waals surface area contributed by atoms with E-state index in [4.69, 9.17) is 4.42 Å². The number of aryl methyl sites for hydroxylation is 1. The van der Waals surface area contributed by atoms with Crippen molar-refractivity contribution < 1.29 is 18.5 Å². The van der Waals surface area contributed by atoms with Crippen LogP contribution < -0.4 is 5.32 Å². The van der Waals surface area contributed by atoms with Crippen LogP contribution in [0.2, 0.25) is 0 Å². The van der Waals surface area contributed by atoms with E-state index >= 15 is 0 Å². The molecule has 0 saturated heterocycles. The first-order chi connectivity index (χ1) is 9.47. The van der Waals surface area contributed by atoms with Crippen molar-refractivity contribution in [3.05, 3.63) is 63.3 Å². The Morgan fingerprint density at radius 3 is 2.75 bits per heavy atom. The molecule has 0 aliphatic heterocycles. The lowest BCUT2D eigenvalue weighted by Gasteiger charge is -2.04. The predicted molar refractivity (Wildman–Crippen MR) is 67.7 cm³/mol. The largest absolute Gasteiger partial charge is 0.465 e. The Morgan fingerprint density at radius 1 is 1.40 bits per heavy atom. The molecule has 1 heterocycles. The van der Waals surface area contributed by atoms with E-state index in [0.29, 0.717) is 11.5 Å². The Balaban J connectivity index is 2.16. The first kappa shape index (κ1) is 13.7. The molecule has 1 aromatic carbocycles. The van der Waals surface area contributed by atoms with Gasteiger partial charge in [0.1, 0.15) is 22.9 Å². The molecule has 20 heavy (non-hydrogen) atoms. The molecule has 0 aliphatic carbocycles. The Hall–Kier alpha value is -2.70. The zero-order valence-corrected chi connectivity index (χ0v) is 10.6. The average Bonchev–Trinajstić information content (AvgIpc) is 2.81. The van der Waals surface area contributed by atoms with Crippen molar-refractivity contribution in [2.75, 3.05) is 0 Å². The fourth-order valence-electron chi connectivity index (χ4n) is 1.69. The molecule has 0 spiro atoms. The van der Waals surface area contributed by atoms with Gasteiger partial charge in [-0.05, 0) is 31.2 Å². The van der Waals surface area contributed by atoms with E-state index in [-0.39, 0.29) is 12.1 Å². The number of nitro groups is 1. The van der Waals surface area contributed by atoms with Crippen LogP contribution in [0.4, 0.5) is 10.1 Å². The molecule has 0 radical (unpaired) electrons. The molecule has 1 aromatic heterocycles. The number of rotatable bonds is 4. The van der Waals surface area contributed by atoms with Crippen LogP contribution in [0, 0.1) is 22.9 Å². The molecule has 7 heteroatoms. The molecule has 0 aliphatic rings. The van der Waals surface area contributed by atoms with Gasteiger partial charge in [-0.1, -0.05) is 0 Å².